The number of hydrogen-bond acceptors (Lipinski definition) is 7. The molecule has 0 saturated heterocycles. The number of alkyl halides is 3. The molecule has 0 bridgehead atoms. The Hall–Kier alpha value is -4.52. The van der Waals surface area contributed by atoms with Crippen molar-refractivity contribution >= 4 is 40.5 Å². The largest absolute Gasteiger partial charge is 0.416 e. The van der Waals surface area contributed by atoms with Crippen molar-refractivity contribution in [1.82, 2.24) is 15.7 Å². The van der Waals surface area contributed by atoms with Gasteiger partial charge in [-0.2, -0.15) is 18.3 Å². The van der Waals surface area contributed by atoms with Crippen molar-refractivity contribution in [3.05, 3.63) is 93.1 Å². The van der Waals surface area contributed by atoms with Crippen molar-refractivity contribution in [3.63, 3.8) is 0 Å². The molecule has 0 unspecified atom stereocenters. The third-order valence-corrected chi connectivity index (χ3v) is 6.09. The third-order valence-electron chi connectivity index (χ3n) is 5.01. The minimum atomic E-state index is -4.50. The Morgan fingerprint density at radius 1 is 1.00 bits per heavy atom. The van der Waals surface area contributed by atoms with Gasteiger partial charge in [-0.05, 0) is 61.9 Å². The third kappa shape index (κ3) is 7.49. The Bertz CT molecular complexity index is 1380. The molecule has 2 heterocycles. The van der Waals surface area contributed by atoms with Crippen LogP contribution in [0, 0.1) is 0 Å². The minimum absolute atomic E-state index is 0.0631. The zero-order valence-corrected chi connectivity index (χ0v) is 21.0. The topological polar surface area (TPSA) is 139 Å². The number of allylic oxidation sites excluding steroid dienone is 1. The number of aromatic nitrogens is 1. The van der Waals surface area contributed by atoms with Gasteiger partial charge in [0, 0.05) is 30.3 Å². The van der Waals surface area contributed by atoms with Crippen LogP contribution in [0.2, 0.25) is 0 Å². The Balaban J connectivity index is 1.62. The van der Waals surface area contributed by atoms with E-state index in [0.717, 1.165) is 41.2 Å². The van der Waals surface area contributed by atoms with Gasteiger partial charge in [-0.3, -0.25) is 19.4 Å². The van der Waals surface area contributed by atoms with Crippen molar-refractivity contribution in [3.8, 4) is 0 Å². The van der Waals surface area contributed by atoms with E-state index >= 15 is 0 Å². The summed E-state index contributed by atoms with van der Waals surface area (Å²) in [5.74, 6) is -1.69. The maximum absolute atomic E-state index is 12.8. The number of anilines is 1. The van der Waals surface area contributed by atoms with Crippen LogP contribution in [0.15, 0.2) is 77.3 Å². The monoisotopic (exact) mass is 544 g/mol. The van der Waals surface area contributed by atoms with Gasteiger partial charge < -0.3 is 16.4 Å². The number of hydrazone groups is 1. The summed E-state index contributed by atoms with van der Waals surface area (Å²) in [5.41, 5.74) is 8.30. The molecule has 13 heteroatoms. The van der Waals surface area contributed by atoms with Crippen molar-refractivity contribution in [2.75, 3.05) is 5.32 Å². The molecule has 3 aromatic rings. The van der Waals surface area contributed by atoms with Gasteiger partial charge in [0.1, 0.15) is 0 Å². The molecular weight excluding hydrogens is 521 g/mol. The Labute approximate surface area is 219 Å². The van der Waals surface area contributed by atoms with E-state index in [4.69, 9.17) is 5.73 Å². The first-order chi connectivity index (χ1) is 18.0. The summed E-state index contributed by atoms with van der Waals surface area (Å²) in [7, 11) is 0. The molecule has 2 aromatic heterocycles. The molecule has 0 spiro atoms. The van der Waals surface area contributed by atoms with Crippen LogP contribution in [-0.4, -0.2) is 28.4 Å². The molecule has 3 rings (SSSR count). The molecule has 0 aliphatic carbocycles. The summed E-state index contributed by atoms with van der Waals surface area (Å²) in [6.07, 6.45) is -1.25. The van der Waals surface area contributed by atoms with Crippen molar-refractivity contribution in [2.45, 2.75) is 26.6 Å². The van der Waals surface area contributed by atoms with Gasteiger partial charge in [0.05, 0.1) is 26.6 Å². The van der Waals surface area contributed by atoms with Gasteiger partial charge in [-0.15, -0.1) is 11.3 Å². The number of pyridine rings is 1. The summed E-state index contributed by atoms with van der Waals surface area (Å²) in [5, 5.41) is 9.13. The van der Waals surface area contributed by atoms with Crippen LogP contribution in [0.25, 0.3) is 0 Å². The van der Waals surface area contributed by atoms with E-state index in [2.05, 4.69) is 26.1 Å². The standard InChI is InChI=1S/C25H23F3N6O3S/c1-14(29)21(24(37)32-18-7-5-17(6-8-18)25(26,27)28)15(2)33-34-23(36)20-10-9-19(38-20)22(35)31-13-16-4-3-11-30-12-16/h3-12H,13,29H2,1-2H3,(H,31,35)(H,32,37)(H,34,36). The maximum atomic E-state index is 12.8. The zero-order valence-electron chi connectivity index (χ0n) is 20.2. The molecule has 5 N–H and O–H groups in total. The van der Waals surface area contributed by atoms with E-state index in [-0.39, 0.29) is 40.0 Å². The van der Waals surface area contributed by atoms with E-state index < -0.39 is 23.6 Å². The van der Waals surface area contributed by atoms with E-state index in [1.165, 1.54) is 26.0 Å². The molecule has 9 nitrogen and oxygen atoms in total. The number of nitrogens with one attached hydrogen (secondary N) is 3. The highest BCUT2D eigenvalue weighted by Gasteiger charge is 2.30. The van der Waals surface area contributed by atoms with Gasteiger partial charge in [0.25, 0.3) is 17.7 Å². The lowest BCUT2D eigenvalue weighted by molar-refractivity contribution is -0.137. The molecule has 0 aliphatic rings. The zero-order chi connectivity index (χ0) is 27.9. The average molecular weight is 545 g/mol. The fourth-order valence-electron chi connectivity index (χ4n) is 3.16. The van der Waals surface area contributed by atoms with Crippen LogP contribution in [0.5, 0.6) is 0 Å². The molecule has 0 atom stereocenters. The van der Waals surface area contributed by atoms with E-state index in [1.54, 1.807) is 18.5 Å². The fourth-order valence-corrected chi connectivity index (χ4v) is 3.98. The van der Waals surface area contributed by atoms with Crippen LogP contribution in [0.4, 0.5) is 18.9 Å². The van der Waals surface area contributed by atoms with Crippen LogP contribution < -0.4 is 21.8 Å². The molecule has 38 heavy (non-hydrogen) atoms. The number of nitrogens with zero attached hydrogens (tertiary/aromatic N) is 2. The first-order valence-electron chi connectivity index (χ1n) is 11.0. The number of thiophene rings is 1. The first kappa shape index (κ1) is 28.1. The summed E-state index contributed by atoms with van der Waals surface area (Å²) in [6, 6.07) is 10.4. The van der Waals surface area contributed by atoms with E-state index in [1.807, 2.05) is 6.07 Å². The van der Waals surface area contributed by atoms with Gasteiger partial charge in [-0.25, -0.2) is 5.43 Å². The Morgan fingerprint density at radius 3 is 2.24 bits per heavy atom. The molecule has 0 fully saturated rings. The predicted octanol–water partition coefficient (Wildman–Crippen LogP) is 4.07. The molecular formula is C25H23F3N6O3S. The Morgan fingerprint density at radius 2 is 1.66 bits per heavy atom. The smallest absolute Gasteiger partial charge is 0.402 e. The Kier molecular flexibility index (Phi) is 8.97. The summed E-state index contributed by atoms with van der Waals surface area (Å²) in [4.78, 5) is 42.1. The van der Waals surface area contributed by atoms with Crippen molar-refractivity contribution < 1.29 is 27.6 Å². The second-order valence-corrected chi connectivity index (χ2v) is 9.02. The SMILES string of the molecule is CC(=NNC(=O)c1ccc(C(=O)NCc2cccnc2)s1)C(C(=O)Nc1ccc(C(F)(F)F)cc1)=C(C)N. The van der Waals surface area contributed by atoms with E-state index in [0.29, 0.717) is 4.88 Å². The highest BCUT2D eigenvalue weighted by Crippen LogP contribution is 2.30. The molecule has 198 valence electrons. The number of halogens is 3. The normalized spacial score (nSPS) is 12.4. The lowest BCUT2D eigenvalue weighted by Crippen LogP contribution is -2.25. The first-order valence-corrected chi connectivity index (χ1v) is 11.8. The lowest BCUT2D eigenvalue weighted by atomic mass is 10.1. The van der Waals surface area contributed by atoms with Gasteiger partial charge in [0.2, 0.25) is 0 Å². The summed E-state index contributed by atoms with van der Waals surface area (Å²) in [6.45, 7) is 3.15. The fraction of sp³-hybridized carbons (Fsp3) is 0.160. The number of carbonyl (C=O) groups excluding carboxylic acids is 3. The van der Waals surface area contributed by atoms with Crippen LogP contribution in [0.1, 0.15) is 44.3 Å². The number of hydrogen-bond donors (Lipinski definition) is 4. The highest BCUT2D eigenvalue weighted by atomic mass is 32.1. The summed E-state index contributed by atoms with van der Waals surface area (Å²) >= 11 is 0.956. The minimum Gasteiger partial charge on any atom is -0.402 e. The number of rotatable bonds is 8. The van der Waals surface area contributed by atoms with Crippen LogP contribution in [0.3, 0.4) is 0 Å². The quantitative estimate of drug-likeness (QED) is 0.192. The lowest BCUT2D eigenvalue weighted by Gasteiger charge is -2.12. The molecule has 0 radical (unpaired) electrons. The second kappa shape index (κ2) is 12.1. The van der Waals surface area contributed by atoms with Crippen LogP contribution in [-0.2, 0) is 17.5 Å². The highest BCUT2D eigenvalue weighted by molar-refractivity contribution is 7.15. The number of carbonyl (C=O) groups is 3. The van der Waals surface area contributed by atoms with Crippen molar-refractivity contribution in [2.24, 2.45) is 10.8 Å². The van der Waals surface area contributed by atoms with Gasteiger partial charge in [0.15, 0.2) is 0 Å². The number of nitrogens with two attached hydrogens (primary N) is 1. The maximum Gasteiger partial charge on any atom is 0.416 e. The average Bonchev–Trinajstić information content (AvgIpc) is 3.37. The molecule has 0 aliphatic heterocycles. The van der Waals surface area contributed by atoms with Gasteiger partial charge in [-0.1, -0.05) is 6.07 Å². The van der Waals surface area contributed by atoms with E-state index in [9.17, 15) is 27.6 Å². The number of benzene rings is 1. The molecule has 1 aromatic carbocycles. The second-order valence-electron chi connectivity index (χ2n) is 7.93. The summed E-state index contributed by atoms with van der Waals surface area (Å²) < 4.78 is 38.3. The predicted molar refractivity (Wildman–Crippen MR) is 137 cm³/mol. The number of amides is 3. The molecule has 0 saturated carbocycles. The van der Waals surface area contributed by atoms with Gasteiger partial charge >= 0.3 is 6.18 Å². The molecule has 3 amide bonds. The van der Waals surface area contributed by atoms with Crippen molar-refractivity contribution in [1.29, 1.82) is 0 Å². The van der Waals surface area contributed by atoms with Crippen LogP contribution >= 0.6 is 11.3 Å².